The Labute approximate surface area is 106 Å². The number of rotatable bonds is 5. The van der Waals surface area contributed by atoms with Crippen molar-refractivity contribution in [3.63, 3.8) is 0 Å². The van der Waals surface area contributed by atoms with E-state index in [1.54, 1.807) is 6.92 Å². The SMILES string of the molecule is CCCOc1ccc(-c2noc(C(C)N)n2)cc1. The Morgan fingerprint density at radius 3 is 2.61 bits per heavy atom. The van der Waals surface area contributed by atoms with E-state index >= 15 is 0 Å². The molecule has 0 bridgehead atoms. The van der Waals surface area contributed by atoms with Crippen LogP contribution in [0.5, 0.6) is 5.75 Å². The third kappa shape index (κ3) is 2.87. The second-order valence-corrected chi connectivity index (χ2v) is 4.12. The molecule has 0 saturated carbocycles. The summed E-state index contributed by atoms with van der Waals surface area (Å²) in [4.78, 5) is 4.23. The maximum absolute atomic E-state index is 5.67. The molecule has 0 radical (unpaired) electrons. The smallest absolute Gasteiger partial charge is 0.243 e. The lowest BCUT2D eigenvalue weighted by atomic mass is 10.2. The molecular weight excluding hydrogens is 230 g/mol. The standard InChI is InChI=1S/C13H17N3O2/c1-3-8-17-11-6-4-10(5-7-11)12-15-13(9(2)14)18-16-12/h4-7,9H,3,8,14H2,1-2H3. The van der Waals surface area contributed by atoms with Gasteiger partial charge in [0.05, 0.1) is 12.6 Å². The predicted octanol–water partition coefficient (Wildman–Crippen LogP) is 2.55. The molecule has 2 rings (SSSR count). The van der Waals surface area contributed by atoms with Gasteiger partial charge >= 0.3 is 0 Å². The summed E-state index contributed by atoms with van der Waals surface area (Å²) in [5, 5.41) is 3.89. The molecule has 0 fully saturated rings. The fourth-order valence-corrected chi connectivity index (χ4v) is 1.46. The van der Waals surface area contributed by atoms with Crippen molar-refractivity contribution in [1.82, 2.24) is 10.1 Å². The van der Waals surface area contributed by atoms with E-state index in [2.05, 4.69) is 17.1 Å². The molecule has 0 aliphatic heterocycles. The topological polar surface area (TPSA) is 74.2 Å². The lowest BCUT2D eigenvalue weighted by Crippen LogP contribution is -2.04. The maximum atomic E-state index is 5.67. The van der Waals surface area contributed by atoms with Crippen LogP contribution in [0, 0.1) is 0 Å². The number of ether oxygens (including phenoxy) is 1. The average molecular weight is 247 g/mol. The third-order valence-electron chi connectivity index (χ3n) is 2.42. The van der Waals surface area contributed by atoms with Crippen LogP contribution in [0.1, 0.15) is 32.2 Å². The Balaban J connectivity index is 2.12. The van der Waals surface area contributed by atoms with Crippen LogP contribution >= 0.6 is 0 Å². The molecule has 5 nitrogen and oxygen atoms in total. The zero-order valence-electron chi connectivity index (χ0n) is 10.6. The highest BCUT2D eigenvalue weighted by molar-refractivity contribution is 5.55. The van der Waals surface area contributed by atoms with E-state index in [4.69, 9.17) is 15.0 Å². The Bertz CT molecular complexity index is 491. The van der Waals surface area contributed by atoms with Crippen molar-refractivity contribution in [3.8, 4) is 17.1 Å². The largest absolute Gasteiger partial charge is 0.494 e. The van der Waals surface area contributed by atoms with E-state index in [0.717, 1.165) is 24.3 Å². The summed E-state index contributed by atoms with van der Waals surface area (Å²) in [5.41, 5.74) is 6.55. The number of benzene rings is 1. The lowest BCUT2D eigenvalue weighted by molar-refractivity contribution is 0.317. The zero-order valence-corrected chi connectivity index (χ0v) is 10.6. The summed E-state index contributed by atoms with van der Waals surface area (Å²) in [6.07, 6.45) is 0.990. The molecule has 1 aromatic heterocycles. The van der Waals surface area contributed by atoms with E-state index in [1.165, 1.54) is 0 Å². The van der Waals surface area contributed by atoms with Crippen molar-refractivity contribution in [1.29, 1.82) is 0 Å². The van der Waals surface area contributed by atoms with Crippen molar-refractivity contribution in [2.45, 2.75) is 26.3 Å². The van der Waals surface area contributed by atoms with Gasteiger partial charge in [-0.05, 0) is 37.6 Å². The average Bonchev–Trinajstić information content (AvgIpc) is 2.87. The molecule has 18 heavy (non-hydrogen) atoms. The number of hydrogen-bond acceptors (Lipinski definition) is 5. The van der Waals surface area contributed by atoms with Crippen molar-refractivity contribution in [2.75, 3.05) is 6.61 Å². The number of aromatic nitrogens is 2. The van der Waals surface area contributed by atoms with Gasteiger partial charge in [0.25, 0.3) is 0 Å². The van der Waals surface area contributed by atoms with Gasteiger partial charge in [0, 0.05) is 5.56 Å². The van der Waals surface area contributed by atoms with Gasteiger partial charge in [-0.1, -0.05) is 12.1 Å². The fraction of sp³-hybridized carbons (Fsp3) is 0.385. The van der Waals surface area contributed by atoms with Crippen LogP contribution in [0.4, 0.5) is 0 Å². The molecule has 2 N–H and O–H groups in total. The number of hydrogen-bond donors (Lipinski definition) is 1. The van der Waals surface area contributed by atoms with Gasteiger partial charge in [0.15, 0.2) is 0 Å². The molecule has 5 heteroatoms. The zero-order chi connectivity index (χ0) is 13.0. The molecule has 96 valence electrons. The molecule has 1 aromatic carbocycles. The maximum Gasteiger partial charge on any atom is 0.243 e. The highest BCUT2D eigenvalue weighted by Gasteiger charge is 2.11. The summed E-state index contributed by atoms with van der Waals surface area (Å²) in [6.45, 7) is 4.60. The molecule has 0 amide bonds. The minimum Gasteiger partial charge on any atom is -0.494 e. The molecule has 0 aliphatic carbocycles. The minimum absolute atomic E-state index is 0.251. The molecule has 0 spiro atoms. The van der Waals surface area contributed by atoms with Crippen molar-refractivity contribution in [3.05, 3.63) is 30.2 Å². The highest BCUT2D eigenvalue weighted by atomic mass is 16.5. The van der Waals surface area contributed by atoms with Crippen molar-refractivity contribution in [2.24, 2.45) is 5.73 Å². The Morgan fingerprint density at radius 2 is 2.06 bits per heavy atom. The minimum atomic E-state index is -0.251. The fourth-order valence-electron chi connectivity index (χ4n) is 1.46. The monoisotopic (exact) mass is 247 g/mol. The summed E-state index contributed by atoms with van der Waals surface area (Å²) >= 11 is 0. The quantitative estimate of drug-likeness (QED) is 0.878. The number of nitrogens with zero attached hydrogens (tertiary/aromatic N) is 2. The van der Waals surface area contributed by atoms with E-state index in [-0.39, 0.29) is 6.04 Å². The van der Waals surface area contributed by atoms with Gasteiger partial charge in [0.2, 0.25) is 11.7 Å². The normalized spacial score (nSPS) is 12.4. The second kappa shape index (κ2) is 5.64. The van der Waals surface area contributed by atoms with Crippen LogP contribution in [-0.4, -0.2) is 16.7 Å². The second-order valence-electron chi connectivity index (χ2n) is 4.12. The van der Waals surface area contributed by atoms with Crippen molar-refractivity contribution < 1.29 is 9.26 Å². The van der Waals surface area contributed by atoms with Gasteiger partial charge < -0.3 is 15.0 Å². The Morgan fingerprint density at radius 1 is 1.33 bits per heavy atom. The van der Waals surface area contributed by atoms with Gasteiger partial charge in [-0.15, -0.1) is 0 Å². The van der Waals surface area contributed by atoms with Crippen LogP contribution in [0.3, 0.4) is 0 Å². The van der Waals surface area contributed by atoms with Crippen LogP contribution < -0.4 is 10.5 Å². The van der Waals surface area contributed by atoms with Crippen LogP contribution in [-0.2, 0) is 0 Å². The van der Waals surface area contributed by atoms with E-state index in [0.29, 0.717) is 11.7 Å². The van der Waals surface area contributed by atoms with E-state index in [9.17, 15) is 0 Å². The molecule has 2 aromatic rings. The summed E-state index contributed by atoms with van der Waals surface area (Å²) < 4.78 is 10.6. The van der Waals surface area contributed by atoms with Gasteiger partial charge in [-0.3, -0.25) is 0 Å². The summed E-state index contributed by atoms with van der Waals surface area (Å²) in [7, 11) is 0. The first-order chi connectivity index (χ1) is 8.70. The molecule has 1 heterocycles. The van der Waals surface area contributed by atoms with Crippen LogP contribution in [0.15, 0.2) is 28.8 Å². The molecule has 1 unspecified atom stereocenters. The summed E-state index contributed by atoms with van der Waals surface area (Å²) in [6, 6.07) is 7.35. The van der Waals surface area contributed by atoms with Gasteiger partial charge in [0.1, 0.15) is 5.75 Å². The molecule has 0 aliphatic rings. The Kier molecular flexibility index (Phi) is 3.94. The van der Waals surface area contributed by atoms with Gasteiger partial charge in [-0.25, -0.2) is 0 Å². The molecule has 0 saturated heterocycles. The lowest BCUT2D eigenvalue weighted by Gasteiger charge is -2.03. The van der Waals surface area contributed by atoms with Gasteiger partial charge in [-0.2, -0.15) is 4.98 Å². The molecule has 1 atom stereocenters. The predicted molar refractivity (Wildman–Crippen MR) is 68.1 cm³/mol. The first-order valence-corrected chi connectivity index (χ1v) is 6.03. The first-order valence-electron chi connectivity index (χ1n) is 6.03. The molecular formula is C13H17N3O2. The van der Waals surface area contributed by atoms with Crippen LogP contribution in [0.25, 0.3) is 11.4 Å². The summed E-state index contributed by atoms with van der Waals surface area (Å²) in [5.74, 6) is 1.83. The highest BCUT2D eigenvalue weighted by Crippen LogP contribution is 2.21. The first kappa shape index (κ1) is 12.6. The van der Waals surface area contributed by atoms with Crippen LogP contribution in [0.2, 0.25) is 0 Å². The van der Waals surface area contributed by atoms with Crippen molar-refractivity contribution >= 4 is 0 Å². The third-order valence-corrected chi connectivity index (χ3v) is 2.42. The van der Waals surface area contributed by atoms with E-state index < -0.39 is 0 Å². The number of nitrogens with two attached hydrogens (primary N) is 1. The van der Waals surface area contributed by atoms with E-state index in [1.807, 2.05) is 24.3 Å². The Hall–Kier alpha value is -1.88.